The Balaban J connectivity index is 1.63. The molecule has 0 saturated heterocycles. The highest BCUT2D eigenvalue weighted by Crippen LogP contribution is 2.33. The second kappa shape index (κ2) is 8.15. The average molecular weight is 395 g/mol. The quantitative estimate of drug-likeness (QED) is 0.836. The van der Waals surface area contributed by atoms with E-state index in [1.165, 1.54) is 4.90 Å². The number of benzene rings is 2. The fourth-order valence-corrected chi connectivity index (χ4v) is 4.21. The van der Waals surface area contributed by atoms with Gasteiger partial charge in [0.2, 0.25) is 0 Å². The number of aliphatic carboxylic acids is 1. The first-order valence-electron chi connectivity index (χ1n) is 10.0. The van der Waals surface area contributed by atoms with Gasteiger partial charge in [-0.25, -0.2) is 4.79 Å². The first-order chi connectivity index (χ1) is 14.1. The van der Waals surface area contributed by atoms with Crippen molar-refractivity contribution in [2.75, 3.05) is 7.11 Å². The molecule has 2 aromatic rings. The molecule has 1 fully saturated rings. The third-order valence-electron chi connectivity index (χ3n) is 5.80. The molecular weight excluding hydrogens is 370 g/mol. The maximum absolute atomic E-state index is 13.3. The highest BCUT2D eigenvalue weighted by Gasteiger charge is 2.35. The Morgan fingerprint density at radius 1 is 1.03 bits per heavy atom. The largest absolute Gasteiger partial charge is 0.493 e. The summed E-state index contributed by atoms with van der Waals surface area (Å²) in [5.41, 5.74) is 2.36. The summed E-state index contributed by atoms with van der Waals surface area (Å²) in [6, 6.07) is 11.8. The van der Waals surface area contributed by atoms with Crippen molar-refractivity contribution in [2.24, 2.45) is 0 Å². The Labute approximate surface area is 170 Å². The van der Waals surface area contributed by atoms with Crippen LogP contribution in [0, 0.1) is 0 Å². The number of nitrogens with zero attached hydrogens (tertiary/aromatic N) is 1. The van der Waals surface area contributed by atoms with Gasteiger partial charge in [-0.05, 0) is 55.0 Å². The molecule has 1 amide bonds. The molecule has 0 spiro atoms. The number of carbonyl (C=O) groups excluding carboxylic acids is 1. The van der Waals surface area contributed by atoms with Gasteiger partial charge in [-0.1, -0.05) is 24.3 Å². The molecule has 0 bridgehead atoms. The SMILES string of the molecule is COc1ccc(C(=O)N2Cc3ccccc3CC2C(=O)O)cc1OC1CCCC1. The molecule has 1 heterocycles. The molecule has 6 nitrogen and oxygen atoms in total. The highest BCUT2D eigenvalue weighted by atomic mass is 16.5. The molecule has 2 aliphatic rings. The Hall–Kier alpha value is -3.02. The molecular formula is C23H25NO5. The van der Waals surface area contributed by atoms with E-state index in [-0.39, 0.29) is 18.6 Å². The maximum Gasteiger partial charge on any atom is 0.326 e. The number of methoxy groups -OCH3 is 1. The minimum atomic E-state index is -0.996. The lowest BCUT2D eigenvalue weighted by molar-refractivity contribution is -0.142. The van der Waals surface area contributed by atoms with Crippen molar-refractivity contribution in [3.05, 3.63) is 59.2 Å². The number of hydrogen-bond acceptors (Lipinski definition) is 4. The predicted molar refractivity (Wildman–Crippen MR) is 107 cm³/mol. The van der Waals surface area contributed by atoms with Crippen molar-refractivity contribution in [1.29, 1.82) is 0 Å². The molecule has 1 atom stereocenters. The number of amides is 1. The van der Waals surface area contributed by atoms with Crippen molar-refractivity contribution in [2.45, 2.75) is 50.8 Å². The van der Waals surface area contributed by atoms with Crippen LogP contribution in [0.2, 0.25) is 0 Å². The molecule has 1 aliphatic heterocycles. The standard InChI is InChI=1S/C23H25NO5/c1-28-20-11-10-16(13-21(20)29-18-8-4-5-9-18)22(25)24-14-17-7-3-2-6-15(17)12-19(24)23(26)27/h2-3,6-7,10-11,13,18-19H,4-5,8-9,12,14H2,1H3,(H,26,27). The molecule has 0 aromatic heterocycles. The molecule has 0 radical (unpaired) electrons. The molecule has 2 aromatic carbocycles. The fourth-order valence-electron chi connectivity index (χ4n) is 4.21. The van der Waals surface area contributed by atoms with Crippen LogP contribution < -0.4 is 9.47 Å². The summed E-state index contributed by atoms with van der Waals surface area (Å²) in [6.45, 7) is 0.275. The van der Waals surface area contributed by atoms with Gasteiger partial charge in [0.05, 0.1) is 13.2 Å². The van der Waals surface area contributed by atoms with E-state index in [1.807, 2.05) is 24.3 Å². The maximum atomic E-state index is 13.3. The number of carboxylic acids is 1. The van der Waals surface area contributed by atoms with E-state index in [9.17, 15) is 14.7 Å². The van der Waals surface area contributed by atoms with Gasteiger partial charge >= 0.3 is 5.97 Å². The van der Waals surface area contributed by atoms with Gasteiger partial charge in [0.15, 0.2) is 11.5 Å². The molecule has 1 unspecified atom stereocenters. The minimum absolute atomic E-state index is 0.128. The van der Waals surface area contributed by atoms with Gasteiger partial charge in [0.25, 0.3) is 5.91 Å². The Morgan fingerprint density at radius 2 is 1.76 bits per heavy atom. The molecule has 6 heteroatoms. The van der Waals surface area contributed by atoms with Crippen molar-refractivity contribution in [3.8, 4) is 11.5 Å². The van der Waals surface area contributed by atoms with Crippen LogP contribution in [-0.4, -0.2) is 41.1 Å². The van der Waals surface area contributed by atoms with Gasteiger partial charge in [-0.3, -0.25) is 4.79 Å². The lowest BCUT2D eigenvalue weighted by Crippen LogP contribution is -2.48. The molecule has 4 rings (SSSR count). The van der Waals surface area contributed by atoms with Crippen LogP contribution in [0.25, 0.3) is 0 Å². The number of carboxylic acid groups (broad SMARTS) is 1. The first-order valence-corrected chi connectivity index (χ1v) is 10.0. The molecule has 1 aliphatic carbocycles. The van der Waals surface area contributed by atoms with Crippen molar-refractivity contribution >= 4 is 11.9 Å². The van der Waals surface area contributed by atoms with Crippen LogP contribution in [0.4, 0.5) is 0 Å². The number of rotatable bonds is 5. The summed E-state index contributed by atoms with van der Waals surface area (Å²) < 4.78 is 11.5. The predicted octanol–water partition coefficient (Wildman–Crippen LogP) is 3.67. The minimum Gasteiger partial charge on any atom is -0.493 e. The lowest BCUT2D eigenvalue weighted by atomic mass is 9.93. The van der Waals surface area contributed by atoms with E-state index in [2.05, 4.69) is 0 Å². The topological polar surface area (TPSA) is 76.1 Å². The van der Waals surface area contributed by atoms with E-state index >= 15 is 0 Å². The Morgan fingerprint density at radius 3 is 2.45 bits per heavy atom. The normalized spacial score (nSPS) is 18.9. The van der Waals surface area contributed by atoms with Crippen LogP contribution >= 0.6 is 0 Å². The second-order valence-electron chi connectivity index (χ2n) is 7.65. The number of carbonyl (C=O) groups is 2. The third-order valence-corrected chi connectivity index (χ3v) is 5.80. The van der Waals surface area contributed by atoms with Crippen molar-refractivity contribution in [3.63, 3.8) is 0 Å². The highest BCUT2D eigenvalue weighted by molar-refractivity contribution is 5.97. The molecule has 1 saturated carbocycles. The first kappa shape index (κ1) is 19.3. The van der Waals surface area contributed by atoms with Gasteiger partial charge < -0.3 is 19.5 Å². The summed E-state index contributed by atoms with van der Waals surface area (Å²) in [6.07, 6.45) is 4.69. The summed E-state index contributed by atoms with van der Waals surface area (Å²) in [5.74, 6) is -0.198. The average Bonchev–Trinajstić information content (AvgIpc) is 3.25. The summed E-state index contributed by atoms with van der Waals surface area (Å²) in [5, 5.41) is 9.72. The molecule has 1 N–H and O–H groups in total. The van der Waals surface area contributed by atoms with Gasteiger partial charge in [-0.2, -0.15) is 0 Å². The second-order valence-corrected chi connectivity index (χ2v) is 7.65. The zero-order valence-electron chi connectivity index (χ0n) is 16.5. The summed E-state index contributed by atoms with van der Waals surface area (Å²) >= 11 is 0. The number of hydrogen-bond donors (Lipinski definition) is 1. The monoisotopic (exact) mass is 395 g/mol. The van der Waals surface area contributed by atoms with Crippen LogP contribution in [0.5, 0.6) is 11.5 Å². The van der Waals surface area contributed by atoms with Crippen LogP contribution in [0.3, 0.4) is 0 Å². The van der Waals surface area contributed by atoms with E-state index in [4.69, 9.17) is 9.47 Å². The zero-order valence-corrected chi connectivity index (χ0v) is 16.5. The van der Waals surface area contributed by atoms with Crippen molar-refractivity contribution < 1.29 is 24.2 Å². The van der Waals surface area contributed by atoms with E-state index in [0.717, 1.165) is 36.8 Å². The van der Waals surface area contributed by atoms with Crippen LogP contribution in [0.1, 0.15) is 47.2 Å². The van der Waals surface area contributed by atoms with E-state index < -0.39 is 12.0 Å². The van der Waals surface area contributed by atoms with E-state index in [1.54, 1.807) is 25.3 Å². The smallest absolute Gasteiger partial charge is 0.326 e. The number of fused-ring (bicyclic) bond motifs is 1. The molecule has 152 valence electrons. The zero-order chi connectivity index (χ0) is 20.4. The Kier molecular flexibility index (Phi) is 5.43. The van der Waals surface area contributed by atoms with E-state index in [0.29, 0.717) is 23.5 Å². The third kappa shape index (κ3) is 3.92. The van der Waals surface area contributed by atoms with Crippen LogP contribution in [-0.2, 0) is 17.8 Å². The Bertz CT molecular complexity index is 919. The summed E-state index contributed by atoms with van der Waals surface area (Å²) in [7, 11) is 1.57. The van der Waals surface area contributed by atoms with Gasteiger partial charge in [0, 0.05) is 18.5 Å². The van der Waals surface area contributed by atoms with Gasteiger partial charge in [0.1, 0.15) is 6.04 Å². The lowest BCUT2D eigenvalue weighted by Gasteiger charge is -2.34. The van der Waals surface area contributed by atoms with Gasteiger partial charge in [-0.15, -0.1) is 0 Å². The summed E-state index contributed by atoms with van der Waals surface area (Å²) in [4.78, 5) is 26.6. The van der Waals surface area contributed by atoms with Crippen LogP contribution in [0.15, 0.2) is 42.5 Å². The molecule has 29 heavy (non-hydrogen) atoms. The van der Waals surface area contributed by atoms with Crippen molar-refractivity contribution in [1.82, 2.24) is 4.90 Å². The number of ether oxygens (including phenoxy) is 2. The fraction of sp³-hybridized carbons (Fsp3) is 0.391.